The highest BCUT2D eigenvalue weighted by Crippen LogP contribution is 2.27. The standard InChI is InChI=1S/C17H23N3O2/c1-3-17-18-16(19-22-17)12-20(2)11-13-8-9-21-15-7-5-4-6-14(15)10-13/h4-7,13H,3,8-12H2,1-2H3/t13-/m1/s1. The fourth-order valence-corrected chi connectivity index (χ4v) is 2.96. The van der Waals surface area contributed by atoms with Gasteiger partial charge in [0.05, 0.1) is 13.2 Å². The van der Waals surface area contributed by atoms with Gasteiger partial charge < -0.3 is 9.26 Å². The van der Waals surface area contributed by atoms with E-state index in [4.69, 9.17) is 9.26 Å². The molecular formula is C17H23N3O2. The number of hydrogen-bond donors (Lipinski definition) is 0. The molecule has 0 amide bonds. The number of ether oxygens (including phenoxy) is 1. The molecular weight excluding hydrogens is 278 g/mol. The molecule has 2 heterocycles. The van der Waals surface area contributed by atoms with Crippen molar-refractivity contribution >= 4 is 0 Å². The molecule has 0 spiro atoms. The van der Waals surface area contributed by atoms with Gasteiger partial charge in [0.15, 0.2) is 5.82 Å². The van der Waals surface area contributed by atoms with Crippen LogP contribution in [0, 0.1) is 5.92 Å². The number of nitrogens with zero attached hydrogens (tertiary/aromatic N) is 3. The molecule has 3 rings (SSSR count). The molecule has 2 aromatic rings. The Morgan fingerprint density at radius 3 is 3.00 bits per heavy atom. The summed E-state index contributed by atoms with van der Waals surface area (Å²) >= 11 is 0. The van der Waals surface area contributed by atoms with Gasteiger partial charge in [-0.1, -0.05) is 30.3 Å². The molecule has 1 aromatic heterocycles. The zero-order valence-electron chi connectivity index (χ0n) is 13.3. The summed E-state index contributed by atoms with van der Waals surface area (Å²) in [6, 6.07) is 8.35. The van der Waals surface area contributed by atoms with Crippen molar-refractivity contribution in [1.82, 2.24) is 15.0 Å². The van der Waals surface area contributed by atoms with E-state index >= 15 is 0 Å². The fourth-order valence-electron chi connectivity index (χ4n) is 2.96. The quantitative estimate of drug-likeness (QED) is 0.850. The summed E-state index contributed by atoms with van der Waals surface area (Å²) in [6.45, 7) is 4.54. The Morgan fingerprint density at radius 1 is 1.32 bits per heavy atom. The minimum atomic E-state index is 0.589. The van der Waals surface area contributed by atoms with E-state index in [9.17, 15) is 0 Å². The molecule has 5 heteroatoms. The zero-order valence-corrected chi connectivity index (χ0v) is 13.3. The Hall–Kier alpha value is -1.88. The van der Waals surface area contributed by atoms with Crippen LogP contribution >= 0.6 is 0 Å². The van der Waals surface area contributed by atoms with Crippen LogP contribution in [0.15, 0.2) is 28.8 Å². The van der Waals surface area contributed by atoms with Crippen LogP contribution in [0.2, 0.25) is 0 Å². The normalized spacial score (nSPS) is 17.9. The highest BCUT2D eigenvalue weighted by atomic mass is 16.5. The summed E-state index contributed by atoms with van der Waals surface area (Å²) in [5, 5.41) is 4.02. The lowest BCUT2D eigenvalue weighted by atomic mass is 9.96. The predicted octanol–water partition coefficient (Wildman–Crippen LogP) is 2.71. The van der Waals surface area contributed by atoms with Crippen LogP contribution in [0.5, 0.6) is 5.75 Å². The van der Waals surface area contributed by atoms with Gasteiger partial charge in [0.25, 0.3) is 0 Å². The fraction of sp³-hybridized carbons (Fsp3) is 0.529. The smallest absolute Gasteiger partial charge is 0.226 e. The van der Waals surface area contributed by atoms with Crippen molar-refractivity contribution in [2.24, 2.45) is 5.92 Å². The SMILES string of the molecule is CCc1nc(CN(C)C[C@@H]2CCOc3ccccc3C2)no1. The van der Waals surface area contributed by atoms with Crippen molar-refractivity contribution in [2.45, 2.75) is 32.7 Å². The number of fused-ring (bicyclic) bond motifs is 1. The first kappa shape index (κ1) is 15.0. The summed E-state index contributed by atoms with van der Waals surface area (Å²) in [6.07, 6.45) is 2.92. The summed E-state index contributed by atoms with van der Waals surface area (Å²) in [4.78, 5) is 6.64. The van der Waals surface area contributed by atoms with Gasteiger partial charge in [-0.25, -0.2) is 0 Å². The van der Waals surface area contributed by atoms with Gasteiger partial charge in [0.2, 0.25) is 5.89 Å². The molecule has 0 unspecified atom stereocenters. The van der Waals surface area contributed by atoms with Crippen molar-refractivity contribution < 1.29 is 9.26 Å². The highest BCUT2D eigenvalue weighted by molar-refractivity contribution is 5.34. The number of rotatable bonds is 5. The second-order valence-corrected chi connectivity index (χ2v) is 5.97. The molecule has 0 N–H and O–H groups in total. The Morgan fingerprint density at radius 2 is 2.18 bits per heavy atom. The average Bonchev–Trinajstić information content (AvgIpc) is 2.86. The Labute approximate surface area is 131 Å². The van der Waals surface area contributed by atoms with Crippen LogP contribution < -0.4 is 4.74 Å². The van der Waals surface area contributed by atoms with Gasteiger partial charge in [0, 0.05) is 13.0 Å². The van der Waals surface area contributed by atoms with E-state index in [0.717, 1.165) is 50.5 Å². The van der Waals surface area contributed by atoms with Crippen LogP contribution in [0.25, 0.3) is 0 Å². The molecule has 0 saturated carbocycles. The first-order valence-corrected chi connectivity index (χ1v) is 7.95. The van der Waals surface area contributed by atoms with Crippen LogP contribution in [0.1, 0.15) is 30.6 Å². The van der Waals surface area contributed by atoms with Crippen molar-refractivity contribution in [1.29, 1.82) is 0 Å². The lowest BCUT2D eigenvalue weighted by Crippen LogP contribution is -2.27. The van der Waals surface area contributed by atoms with Crippen LogP contribution in [0.4, 0.5) is 0 Å². The van der Waals surface area contributed by atoms with Gasteiger partial charge in [0.1, 0.15) is 5.75 Å². The first-order chi connectivity index (χ1) is 10.7. The van der Waals surface area contributed by atoms with Gasteiger partial charge in [-0.05, 0) is 37.4 Å². The molecule has 22 heavy (non-hydrogen) atoms. The van der Waals surface area contributed by atoms with Crippen molar-refractivity contribution in [3.8, 4) is 5.75 Å². The van der Waals surface area contributed by atoms with Crippen LogP contribution in [0.3, 0.4) is 0 Å². The minimum absolute atomic E-state index is 0.589. The van der Waals surface area contributed by atoms with E-state index in [1.807, 2.05) is 13.0 Å². The molecule has 1 atom stereocenters. The predicted molar refractivity (Wildman–Crippen MR) is 83.8 cm³/mol. The van der Waals surface area contributed by atoms with Gasteiger partial charge >= 0.3 is 0 Å². The summed E-state index contributed by atoms with van der Waals surface area (Å²) in [5.41, 5.74) is 1.31. The third-order valence-corrected chi connectivity index (χ3v) is 4.06. The van der Waals surface area contributed by atoms with Crippen molar-refractivity contribution in [3.05, 3.63) is 41.5 Å². The third kappa shape index (κ3) is 3.65. The number of para-hydroxylation sites is 1. The first-order valence-electron chi connectivity index (χ1n) is 7.95. The lowest BCUT2D eigenvalue weighted by molar-refractivity contribution is 0.229. The Kier molecular flexibility index (Phi) is 4.73. The molecule has 0 aliphatic carbocycles. The molecule has 0 fully saturated rings. The van der Waals surface area contributed by atoms with E-state index in [1.54, 1.807) is 0 Å². The van der Waals surface area contributed by atoms with E-state index < -0.39 is 0 Å². The van der Waals surface area contributed by atoms with E-state index in [2.05, 4.69) is 40.3 Å². The maximum absolute atomic E-state index is 5.84. The maximum Gasteiger partial charge on any atom is 0.226 e. The van der Waals surface area contributed by atoms with Crippen LogP contribution in [-0.2, 0) is 19.4 Å². The zero-order chi connectivity index (χ0) is 15.4. The van der Waals surface area contributed by atoms with Gasteiger partial charge in [-0.3, -0.25) is 4.90 Å². The minimum Gasteiger partial charge on any atom is -0.493 e. The second-order valence-electron chi connectivity index (χ2n) is 5.97. The monoisotopic (exact) mass is 301 g/mol. The molecule has 0 radical (unpaired) electrons. The maximum atomic E-state index is 5.84. The van der Waals surface area contributed by atoms with E-state index in [-0.39, 0.29) is 0 Å². The van der Waals surface area contributed by atoms with Gasteiger partial charge in [-0.15, -0.1) is 0 Å². The summed E-state index contributed by atoms with van der Waals surface area (Å²) in [7, 11) is 2.11. The highest BCUT2D eigenvalue weighted by Gasteiger charge is 2.19. The number of benzene rings is 1. The van der Waals surface area contributed by atoms with E-state index in [0.29, 0.717) is 11.8 Å². The van der Waals surface area contributed by atoms with Gasteiger partial charge in [-0.2, -0.15) is 4.98 Å². The molecule has 0 saturated heterocycles. The molecule has 1 aliphatic rings. The number of aromatic nitrogens is 2. The largest absolute Gasteiger partial charge is 0.493 e. The Balaban J connectivity index is 1.58. The third-order valence-electron chi connectivity index (χ3n) is 4.06. The molecule has 1 aromatic carbocycles. The van der Waals surface area contributed by atoms with Crippen molar-refractivity contribution in [3.63, 3.8) is 0 Å². The second kappa shape index (κ2) is 6.92. The number of hydrogen-bond acceptors (Lipinski definition) is 5. The molecule has 0 bridgehead atoms. The Bertz CT molecular complexity index is 611. The number of aryl methyl sites for hydroxylation is 1. The van der Waals surface area contributed by atoms with E-state index in [1.165, 1.54) is 5.56 Å². The lowest BCUT2D eigenvalue weighted by Gasteiger charge is -2.21. The van der Waals surface area contributed by atoms with Crippen LogP contribution in [-0.4, -0.2) is 35.2 Å². The topological polar surface area (TPSA) is 51.4 Å². The molecule has 5 nitrogen and oxygen atoms in total. The average molecular weight is 301 g/mol. The summed E-state index contributed by atoms with van der Waals surface area (Å²) in [5.74, 6) is 3.11. The molecule has 118 valence electrons. The van der Waals surface area contributed by atoms with Crippen molar-refractivity contribution in [2.75, 3.05) is 20.2 Å². The molecule has 1 aliphatic heterocycles. The summed E-state index contributed by atoms with van der Waals surface area (Å²) < 4.78 is 11.0.